The van der Waals surface area contributed by atoms with Crippen LogP contribution in [0.25, 0.3) is 5.69 Å². The van der Waals surface area contributed by atoms with Gasteiger partial charge in [-0.05, 0) is 37.1 Å². The minimum atomic E-state index is -0.753. The highest BCUT2D eigenvalue weighted by Gasteiger charge is 2.26. The summed E-state index contributed by atoms with van der Waals surface area (Å²) in [6.45, 7) is 3.20. The summed E-state index contributed by atoms with van der Waals surface area (Å²) in [6.07, 6.45) is 7.30. The molecule has 0 atom stereocenters. The number of imidazole rings is 1. The molecule has 0 radical (unpaired) electrons. The van der Waals surface area contributed by atoms with Crippen molar-refractivity contribution in [3.05, 3.63) is 95.2 Å². The van der Waals surface area contributed by atoms with Crippen LogP contribution in [0.15, 0.2) is 61.2 Å². The fourth-order valence-corrected chi connectivity index (χ4v) is 4.49. The van der Waals surface area contributed by atoms with Crippen LogP contribution >= 0.6 is 0 Å². The van der Waals surface area contributed by atoms with Gasteiger partial charge in [0.25, 0.3) is 5.91 Å². The maximum absolute atomic E-state index is 15.1. The molecular formula is C27H27FN8O2. The molecular weight excluding hydrogens is 487 g/mol. The van der Waals surface area contributed by atoms with Crippen LogP contribution in [0.2, 0.25) is 0 Å². The Bertz CT molecular complexity index is 1490. The second kappa shape index (κ2) is 10.7. The van der Waals surface area contributed by atoms with Gasteiger partial charge in [-0.1, -0.05) is 6.07 Å². The van der Waals surface area contributed by atoms with E-state index in [1.54, 1.807) is 47.2 Å². The molecule has 4 heterocycles. The quantitative estimate of drug-likeness (QED) is 0.266. The smallest absolute Gasteiger partial charge is 0.263 e. The Hall–Kier alpha value is -4.80. The predicted octanol–water partition coefficient (Wildman–Crippen LogP) is 3.45. The van der Waals surface area contributed by atoms with E-state index in [0.29, 0.717) is 31.9 Å². The van der Waals surface area contributed by atoms with Crippen molar-refractivity contribution in [1.82, 2.24) is 29.7 Å². The van der Waals surface area contributed by atoms with Gasteiger partial charge in [-0.3, -0.25) is 20.5 Å². The molecule has 10 nitrogen and oxygen atoms in total. The van der Waals surface area contributed by atoms with Crippen LogP contribution in [0.5, 0.6) is 5.75 Å². The summed E-state index contributed by atoms with van der Waals surface area (Å²) in [7, 11) is 1.43. The number of fused-ring (bicyclic) bond motifs is 1. The lowest BCUT2D eigenvalue weighted by molar-refractivity contribution is 0.0967. The number of nitrogens with one attached hydrogen (secondary N) is 3. The van der Waals surface area contributed by atoms with Gasteiger partial charge < -0.3 is 19.5 Å². The zero-order valence-corrected chi connectivity index (χ0v) is 21.0. The Labute approximate surface area is 219 Å². The second-order valence-electron chi connectivity index (χ2n) is 8.79. The van der Waals surface area contributed by atoms with Crippen molar-refractivity contribution in [3.8, 4) is 11.4 Å². The summed E-state index contributed by atoms with van der Waals surface area (Å²) < 4.78 is 21.9. The van der Waals surface area contributed by atoms with E-state index in [2.05, 4.69) is 25.6 Å². The van der Waals surface area contributed by atoms with Gasteiger partial charge in [0.15, 0.2) is 5.96 Å². The molecule has 1 amide bonds. The number of benzene rings is 1. The van der Waals surface area contributed by atoms with E-state index >= 15 is 4.39 Å². The predicted molar refractivity (Wildman–Crippen MR) is 140 cm³/mol. The fourth-order valence-electron chi connectivity index (χ4n) is 4.49. The third kappa shape index (κ3) is 5.03. The number of hydrogen-bond acceptors (Lipinski definition) is 7. The summed E-state index contributed by atoms with van der Waals surface area (Å²) in [4.78, 5) is 28.0. The molecule has 3 N–H and O–H groups in total. The lowest BCUT2D eigenvalue weighted by Crippen LogP contribution is -2.46. The van der Waals surface area contributed by atoms with Crippen LogP contribution in [-0.4, -0.2) is 49.9 Å². The van der Waals surface area contributed by atoms with Gasteiger partial charge in [-0.15, -0.1) is 0 Å². The van der Waals surface area contributed by atoms with E-state index in [0.717, 1.165) is 28.7 Å². The van der Waals surface area contributed by atoms with Crippen LogP contribution in [-0.2, 0) is 19.5 Å². The highest BCUT2D eigenvalue weighted by molar-refractivity contribution is 6.07. The molecule has 1 aromatic carbocycles. The molecule has 11 heteroatoms. The van der Waals surface area contributed by atoms with E-state index < -0.39 is 11.7 Å². The number of anilines is 1. The Balaban J connectivity index is 1.32. The standard InChI is InChI=1S/C27H27FN8O2/c1-17-30-10-12-36(17)23-14-20(38-2)13-22(28)24(23)26(37)34-27(29)35-11-7-21-18(16-35)6-9-32-25(21)33-15-19-5-3-4-8-31-19/h3-6,8-10,12-14H,7,11,15-16H2,1-2H3,(H,32,33)(H2,29,34,37). The number of hydrogen-bond donors (Lipinski definition) is 3. The average molecular weight is 515 g/mol. The highest BCUT2D eigenvalue weighted by atomic mass is 19.1. The molecule has 0 saturated carbocycles. The molecule has 0 aliphatic carbocycles. The van der Waals surface area contributed by atoms with Gasteiger partial charge in [0.2, 0.25) is 0 Å². The first-order chi connectivity index (χ1) is 18.4. The molecule has 0 unspecified atom stereocenters. The van der Waals surface area contributed by atoms with Crippen molar-refractivity contribution in [2.45, 2.75) is 26.4 Å². The lowest BCUT2D eigenvalue weighted by Gasteiger charge is -2.31. The van der Waals surface area contributed by atoms with Crippen molar-refractivity contribution >= 4 is 17.7 Å². The van der Waals surface area contributed by atoms with Crippen molar-refractivity contribution in [2.75, 3.05) is 19.0 Å². The van der Waals surface area contributed by atoms with E-state index in [4.69, 9.17) is 10.1 Å². The fraction of sp³-hybridized carbons (Fsp3) is 0.222. The van der Waals surface area contributed by atoms with Crippen molar-refractivity contribution in [1.29, 1.82) is 5.41 Å². The number of guanidine groups is 1. The molecule has 0 saturated heterocycles. The second-order valence-corrected chi connectivity index (χ2v) is 8.79. The molecule has 1 aliphatic heterocycles. The van der Waals surface area contributed by atoms with Gasteiger partial charge in [0.05, 0.1) is 30.6 Å². The minimum absolute atomic E-state index is 0.107. The monoisotopic (exact) mass is 514 g/mol. The molecule has 1 aliphatic rings. The Morgan fingerprint density at radius 2 is 2.03 bits per heavy atom. The highest BCUT2D eigenvalue weighted by Crippen LogP contribution is 2.27. The number of pyridine rings is 2. The molecule has 0 fully saturated rings. The Morgan fingerprint density at radius 1 is 1.16 bits per heavy atom. The lowest BCUT2D eigenvalue weighted by atomic mass is 10.0. The van der Waals surface area contributed by atoms with Gasteiger partial charge in [0, 0.05) is 55.6 Å². The number of nitrogens with zero attached hydrogens (tertiary/aromatic N) is 5. The maximum atomic E-state index is 15.1. The largest absolute Gasteiger partial charge is 0.497 e. The van der Waals surface area contributed by atoms with Gasteiger partial charge in [-0.25, -0.2) is 14.4 Å². The average Bonchev–Trinajstić information content (AvgIpc) is 3.37. The summed E-state index contributed by atoms with van der Waals surface area (Å²) >= 11 is 0. The van der Waals surface area contributed by atoms with Crippen LogP contribution in [0.1, 0.15) is 33.0 Å². The van der Waals surface area contributed by atoms with Crippen molar-refractivity contribution in [3.63, 3.8) is 0 Å². The molecule has 0 bridgehead atoms. The van der Waals surface area contributed by atoms with E-state index in [1.807, 2.05) is 24.3 Å². The zero-order valence-electron chi connectivity index (χ0n) is 21.0. The van der Waals surface area contributed by atoms with E-state index in [9.17, 15) is 4.79 Å². The number of aromatic nitrogens is 4. The van der Waals surface area contributed by atoms with Gasteiger partial charge in [0.1, 0.15) is 23.2 Å². The number of halogens is 1. The van der Waals surface area contributed by atoms with Gasteiger partial charge >= 0.3 is 0 Å². The summed E-state index contributed by atoms with van der Waals surface area (Å²) in [6, 6.07) is 10.4. The summed E-state index contributed by atoms with van der Waals surface area (Å²) in [5, 5.41) is 14.5. The number of methoxy groups -OCH3 is 1. The molecule has 0 spiro atoms. The first-order valence-corrected chi connectivity index (χ1v) is 12.1. The first-order valence-electron chi connectivity index (χ1n) is 12.1. The van der Waals surface area contributed by atoms with Crippen LogP contribution in [0, 0.1) is 18.2 Å². The van der Waals surface area contributed by atoms with Crippen molar-refractivity contribution < 1.29 is 13.9 Å². The Kier molecular flexibility index (Phi) is 6.98. The summed E-state index contributed by atoms with van der Waals surface area (Å²) in [5.41, 5.74) is 3.06. The number of amides is 1. The summed E-state index contributed by atoms with van der Waals surface area (Å²) in [5.74, 6) is 0.0438. The minimum Gasteiger partial charge on any atom is -0.497 e. The third-order valence-electron chi connectivity index (χ3n) is 6.45. The number of ether oxygens (including phenoxy) is 1. The molecule has 3 aromatic heterocycles. The number of aryl methyl sites for hydroxylation is 1. The van der Waals surface area contributed by atoms with E-state index in [1.165, 1.54) is 7.11 Å². The van der Waals surface area contributed by atoms with Crippen LogP contribution in [0.3, 0.4) is 0 Å². The number of carbonyl (C=O) groups is 1. The Morgan fingerprint density at radius 3 is 2.76 bits per heavy atom. The number of carbonyl (C=O) groups excluding carboxylic acids is 1. The van der Waals surface area contributed by atoms with Crippen molar-refractivity contribution in [2.24, 2.45) is 0 Å². The van der Waals surface area contributed by atoms with Crippen LogP contribution in [0.4, 0.5) is 10.2 Å². The van der Waals surface area contributed by atoms with Gasteiger partial charge in [-0.2, -0.15) is 0 Å². The first kappa shape index (κ1) is 24.9. The van der Waals surface area contributed by atoms with Crippen LogP contribution < -0.4 is 15.4 Å². The zero-order chi connectivity index (χ0) is 26.6. The number of rotatable bonds is 6. The molecule has 5 rings (SSSR count). The molecule has 4 aromatic rings. The van der Waals surface area contributed by atoms with E-state index in [-0.39, 0.29) is 23.0 Å². The normalized spacial score (nSPS) is 12.6. The SMILES string of the molecule is COc1cc(F)c(C(=O)NC(=N)N2CCc3c(ccnc3NCc3ccccn3)C2)c(-n2ccnc2C)c1. The molecule has 38 heavy (non-hydrogen) atoms. The third-order valence-corrected chi connectivity index (χ3v) is 6.45. The molecule has 194 valence electrons. The maximum Gasteiger partial charge on any atom is 0.263 e. The topological polar surface area (TPSA) is 121 Å².